The van der Waals surface area contributed by atoms with Crippen molar-refractivity contribution in [3.8, 4) is 0 Å². The second kappa shape index (κ2) is 5.97. The maximum Gasteiger partial charge on any atom is 0.180 e. The Balaban J connectivity index is 2.28. The number of nitrogen functional groups attached to an aromatic ring is 1. The van der Waals surface area contributed by atoms with Gasteiger partial charge in [-0.1, -0.05) is 41.1 Å². The van der Waals surface area contributed by atoms with Gasteiger partial charge in [-0.15, -0.1) is 0 Å². The summed E-state index contributed by atoms with van der Waals surface area (Å²) < 4.78 is 0. The smallest absolute Gasteiger partial charge is 0.180 e. The first-order chi connectivity index (χ1) is 9.11. The van der Waals surface area contributed by atoms with Crippen LogP contribution in [0.5, 0.6) is 0 Å². The number of alkyl halides is 1. The number of nitrogens with zero attached hydrogens (tertiary/aromatic N) is 1. The molecule has 98 valence electrons. The average Bonchev–Trinajstić information content (AvgIpc) is 2.45. The Labute approximate surface area is 121 Å². The summed E-state index contributed by atoms with van der Waals surface area (Å²) in [7, 11) is 0. The standard InChI is InChI=1S/C15H15BrN2O/c1-2-10-4-3-5-12(8-10)15(19)14(16)11-6-7-18-13(17)9-11/h3-9,14H,2H2,1H3,(H2,17,18)/t14-/m1/s1. The lowest BCUT2D eigenvalue weighted by atomic mass is 10.0. The summed E-state index contributed by atoms with van der Waals surface area (Å²) in [5.74, 6) is 0.443. The van der Waals surface area contributed by atoms with Crippen molar-refractivity contribution in [3.63, 3.8) is 0 Å². The number of rotatable bonds is 4. The fraction of sp³-hybridized carbons (Fsp3) is 0.200. The first kappa shape index (κ1) is 13.7. The van der Waals surface area contributed by atoms with Crippen LogP contribution in [0.25, 0.3) is 0 Å². The van der Waals surface area contributed by atoms with Gasteiger partial charge in [0.1, 0.15) is 10.6 Å². The summed E-state index contributed by atoms with van der Waals surface area (Å²) in [6, 6.07) is 11.2. The third-order valence-electron chi connectivity index (χ3n) is 2.95. The van der Waals surface area contributed by atoms with Gasteiger partial charge >= 0.3 is 0 Å². The number of benzene rings is 1. The molecule has 3 nitrogen and oxygen atoms in total. The van der Waals surface area contributed by atoms with Crippen molar-refractivity contribution in [2.45, 2.75) is 18.2 Å². The highest BCUT2D eigenvalue weighted by atomic mass is 79.9. The lowest BCUT2D eigenvalue weighted by Gasteiger charge is -2.10. The molecule has 0 saturated carbocycles. The molecule has 0 aliphatic heterocycles. The van der Waals surface area contributed by atoms with Gasteiger partial charge in [-0.05, 0) is 35.7 Å². The van der Waals surface area contributed by atoms with Gasteiger partial charge in [0.2, 0.25) is 0 Å². The highest BCUT2D eigenvalue weighted by Crippen LogP contribution is 2.27. The average molecular weight is 319 g/mol. The summed E-state index contributed by atoms with van der Waals surface area (Å²) in [6.45, 7) is 2.07. The monoisotopic (exact) mass is 318 g/mol. The molecular weight excluding hydrogens is 304 g/mol. The van der Waals surface area contributed by atoms with E-state index in [1.807, 2.05) is 24.3 Å². The van der Waals surface area contributed by atoms with E-state index in [0.29, 0.717) is 11.4 Å². The number of Topliss-reactive ketones (excluding diaryl/α,β-unsaturated/α-hetero) is 1. The van der Waals surface area contributed by atoms with Crippen LogP contribution in [0.3, 0.4) is 0 Å². The minimum Gasteiger partial charge on any atom is -0.384 e. The van der Waals surface area contributed by atoms with Crippen molar-refractivity contribution in [2.75, 3.05) is 5.73 Å². The number of carbonyl (C=O) groups excluding carboxylic acids is 1. The molecule has 2 N–H and O–H groups in total. The molecule has 1 aromatic heterocycles. The van der Waals surface area contributed by atoms with Gasteiger partial charge in [0.15, 0.2) is 5.78 Å². The topological polar surface area (TPSA) is 56.0 Å². The zero-order valence-corrected chi connectivity index (χ0v) is 12.2. The van der Waals surface area contributed by atoms with E-state index in [0.717, 1.165) is 17.5 Å². The van der Waals surface area contributed by atoms with E-state index in [2.05, 4.69) is 27.8 Å². The summed E-state index contributed by atoms with van der Waals surface area (Å²) in [5.41, 5.74) is 8.31. The molecule has 0 aliphatic rings. The van der Waals surface area contributed by atoms with Crippen LogP contribution in [-0.2, 0) is 6.42 Å². The van der Waals surface area contributed by atoms with E-state index in [1.165, 1.54) is 0 Å². The van der Waals surface area contributed by atoms with E-state index >= 15 is 0 Å². The summed E-state index contributed by atoms with van der Waals surface area (Å²) in [4.78, 5) is 15.9. The van der Waals surface area contributed by atoms with Gasteiger partial charge in [-0.3, -0.25) is 4.79 Å². The van der Waals surface area contributed by atoms with Crippen molar-refractivity contribution in [1.29, 1.82) is 0 Å². The number of aryl methyl sites for hydroxylation is 1. The van der Waals surface area contributed by atoms with Crippen LogP contribution in [0.4, 0.5) is 5.82 Å². The normalized spacial score (nSPS) is 12.1. The van der Waals surface area contributed by atoms with E-state index in [1.54, 1.807) is 18.3 Å². The zero-order chi connectivity index (χ0) is 13.8. The highest BCUT2D eigenvalue weighted by Gasteiger charge is 2.19. The number of aromatic nitrogens is 1. The van der Waals surface area contributed by atoms with E-state index in [9.17, 15) is 4.79 Å². The minimum atomic E-state index is -0.398. The lowest BCUT2D eigenvalue weighted by molar-refractivity contribution is 0.0991. The molecule has 19 heavy (non-hydrogen) atoms. The third kappa shape index (κ3) is 3.20. The maximum absolute atomic E-state index is 12.4. The molecule has 0 spiro atoms. The second-order valence-electron chi connectivity index (χ2n) is 4.29. The molecule has 1 heterocycles. The molecule has 2 aromatic rings. The van der Waals surface area contributed by atoms with E-state index in [-0.39, 0.29) is 5.78 Å². The Kier molecular flexibility index (Phi) is 4.32. The number of hydrogen-bond donors (Lipinski definition) is 1. The van der Waals surface area contributed by atoms with Crippen LogP contribution < -0.4 is 5.73 Å². The van der Waals surface area contributed by atoms with Gasteiger partial charge in [0.25, 0.3) is 0 Å². The molecule has 0 unspecified atom stereocenters. The van der Waals surface area contributed by atoms with E-state index in [4.69, 9.17) is 5.73 Å². The Morgan fingerprint density at radius 1 is 1.37 bits per heavy atom. The number of hydrogen-bond acceptors (Lipinski definition) is 3. The first-order valence-electron chi connectivity index (χ1n) is 6.10. The Hall–Kier alpha value is -1.68. The number of anilines is 1. The van der Waals surface area contributed by atoms with Crippen LogP contribution in [-0.4, -0.2) is 10.8 Å². The van der Waals surface area contributed by atoms with Crippen LogP contribution in [0.1, 0.15) is 33.2 Å². The number of carbonyl (C=O) groups is 1. The fourth-order valence-corrected chi connectivity index (χ4v) is 2.41. The highest BCUT2D eigenvalue weighted by molar-refractivity contribution is 9.09. The second-order valence-corrected chi connectivity index (χ2v) is 5.21. The van der Waals surface area contributed by atoms with Gasteiger partial charge in [-0.25, -0.2) is 4.98 Å². The SMILES string of the molecule is CCc1cccc(C(=O)[C@H](Br)c2ccnc(N)c2)c1. The molecule has 0 fully saturated rings. The summed E-state index contributed by atoms with van der Waals surface area (Å²) in [5, 5.41) is 0. The zero-order valence-electron chi connectivity index (χ0n) is 10.6. The lowest BCUT2D eigenvalue weighted by Crippen LogP contribution is -2.08. The van der Waals surface area contributed by atoms with Crippen molar-refractivity contribution >= 4 is 27.5 Å². The molecule has 2 rings (SSSR count). The molecular formula is C15H15BrN2O. The Bertz CT molecular complexity index is 598. The van der Waals surface area contributed by atoms with Crippen LogP contribution in [0.15, 0.2) is 42.6 Å². The van der Waals surface area contributed by atoms with Crippen molar-refractivity contribution in [3.05, 3.63) is 59.3 Å². The quantitative estimate of drug-likeness (QED) is 0.693. The Morgan fingerprint density at radius 3 is 2.84 bits per heavy atom. The van der Waals surface area contributed by atoms with Crippen LogP contribution in [0.2, 0.25) is 0 Å². The number of ketones is 1. The summed E-state index contributed by atoms with van der Waals surface area (Å²) >= 11 is 3.44. The fourth-order valence-electron chi connectivity index (χ4n) is 1.87. The minimum absolute atomic E-state index is 0.0286. The van der Waals surface area contributed by atoms with Crippen LogP contribution in [0, 0.1) is 0 Å². The molecule has 0 amide bonds. The first-order valence-corrected chi connectivity index (χ1v) is 7.02. The largest absolute Gasteiger partial charge is 0.384 e. The molecule has 0 aliphatic carbocycles. The Morgan fingerprint density at radius 2 is 2.16 bits per heavy atom. The predicted octanol–water partition coefficient (Wildman–Crippen LogP) is 3.55. The van der Waals surface area contributed by atoms with E-state index < -0.39 is 4.83 Å². The molecule has 0 saturated heterocycles. The number of halogens is 1. The molecule has 4 heteroatoms. The van der Waals surface area contributed by atoms with Crippen LogP contribution >= 0.6 is 15.9 Å². The molecule has 1 aromatic carbocycles. The third-order valence-corrected chi connectivity index (χ3v) is 3.89. The number of pyridine rings is 1. The van der Waals surface area contributed by atoms with Crippen molar-refractivity contribution in [1.82, 2.24) is 4.98 Å². The summed E-state index contributed by atoms with van der Waals surface area (Å²) in [6.07, 6.45) is 2.52. The molecule has 1 atom stereocenters. The maximum atomic E-state index is 12.4. The number of nitrogens with two attached hydrogens (primary N) is 1. The van der Waals surface area contributed by atoms with Gasteiger partial charge in [0.05, 0.1) is 0 Å². The van der Waals surface area contributed by atoms with Crippen molar-refractivity contribution < 1.29 is 4.79 Å². The van der Waals surface area contributed by atoms with Gasteiger partial charge < -0.3 is 5.73 Å². The predicted molar refractivity (Wildman–Crippen MR) is 80.5 cm³/mol. The van der Waals surface area contributed by atoms with Gasteiger partial charge in [-0.2, -0.15) is 0 Å². The van der Waals surface area contributed by atoms with Gasteiger partial charge in [0, 0.05) is 11.8 Å². The molecule has 0 radical (unpaired) electrons. The van der Waals surface area contributed by atoms with Crippen molar-refractivity contribution in [2.24, 2.45) is 0 Å². The molecule has 0 bridgehead atoms.